The van der Waals surface area contributed by atoms with Crippen LogP contribution in [0.3, 0.4) is 0 Å². The molecule has 2 aromatic rings. The zero-order valence-electron chi connectivity index (χ0n) is 16.6. The second kappa shape index (κ2) is 9.79. The Morgan fingerprint density at radius 3 is 1.90 bits per heavy atom. The molecule has 1 atom stereocenters. The van der Waals surface area contributed by atoms with Crippen LogP contribution in [0, 0.1) is 11.3 Å². The molecule has 4 heteroatoms. The van der Waals surface area contributed by atoms with E-state index in [0.29, 0.717) is 28.7 Å². The van der Waals surface area contributed by atoms with Crippen molar-refractivity contribution < 1.29 is 14.6 Å². The maximum atomic E-state index is 13.3. The summed E-state index contributed by atoms with van der Waals surface area (Å²) in [6.07, 6.45) is 4.53. The molecule has 29 heavy (non-hydrogen) atoms. The lowest BCUT2D eigenvalue weighted by atomic mass is 9.84. The van der Waals surface area contributed by atoms with Crippen molar-refractivity contribution in [1.29, 1.82) is 5.26 Å². The van der Waals surface area contributed by atoms with Crippen LogP contribution in [-0.4, -0.2) is 19.0 Å². The molecule has 0 spiro atoms. The van der Waals surface area contributed by atoms with Gasteiger partial charge in [0.05, 0.1) is 18.8 Å². The van der Waals surface area contributed by atoms with Gasteiger partial charge in [0.2, 0.25) is 0 Å². The number of carbonyl (C=O) groups is 1. The summed E-state index contributed by atoms with van der Waals surface area (Å²) in [6, 6.07) is 21.3. The lowest BCUT2D eigenvalue weighted by Gasteiger charge is -2.20. The van der Waals surface area contributed by atoms with Crippen LogP contribution >= 0.6 is 0 Å². The largest absolute Gasteiger partial charge is 0.289 e. The lowest BCUT2D eigenvalue weighted by molar-refractivity contribution is -0.296. The second-order valence-corrected chi connectivity index (χ2v) is 6.70. The SMILES string of the molecule is CCCC(OOC)C(C#N)=C1C=C(c2ccccc2)C(=O)C(c2ccccc2)=C1. The van der Waals surface area contributed by atoms with Gasteiger partial charge in [0.15, 0.2) is 5.78 Å². The van der Waals surface area contributed by atoms with Crippen molar-refractivity contribution in [1.82, 2.24) is 0 Å². The summed E-state index contributed by atoms with van der Waals surface area (Å²) in [6.45, 7) is 2.02. The Labute approximate surface area is 171 Å². The molecule has 1 aliphatic rings. The van der Waals surface area contributed by atoms with Crippen molar-refractivity contribution in [3.8, 4) is 6.07 Å². The van der Waals surface area contributed by atoms with Gasteiger partial charge >= 0.3 is 0 Å². The van der Waals surface area contributed by atoms with Gasteiger partial charge in [0.25, 0.3) is 0 Å². The van der Waals surface area contributed by atoms with E-state index >= 15 is 0 Å². The Bertz CT molecular complexity index is 928. The molecule has 0 heterocycles. The molecule has 0 saturated heterocycles. The van der Waals surface area contributed by atoms with E-state index in [1.54, 1.807) is 12.2 Å². The highest BCUT2D eigenvalue weighted by Gasteiger charge is 2.26. The summed E-state index contributed by atoms with van der Waals surface area (Å²) in [5.41, 5.74) is 3.86. The van der Waals surface area contributed by atoms with Gasteiger partial charge in [-0.25, -0.2) is 9.78 Å². The average Bonchev–Trinajstić information content (AvgIpc) is 2.76. The van der Waals surface area contributed by atoms with E-state index in [2.05, 4.69) is 6.07 Å². The number of Topliss-reactive ketones (excluding diaryl/α,β-unsaturated/α-hetero) is 1. The van der Waals surface area contributed by atoms with Crippen LogP contribution in [0.2, 0.25) is 0 Å². The van der Waals surface area contributed by atoms with Crippen LogP contribution in [0.4, 0.5) is 0 Å². The van der Waals surface area contributed by atoms with Gasteiger partial charge in [-0.15, -0.1) is 0 Å². The highest BCUT2D eigenvalue weighted by Crippen LogP contribution is 2.34. The van der Waals surface area contributed by atoms with E-state index in [4.69, 9.17) is 9.78 Å². The van der Waals surface area contributed by atoms with E-state index in [1.165, 1.54) is 7.11 Å². The Balaban J connectivity index is 2.21. The molecule has 3 rings (SSSR count). The fraction of sp³-hybridized carbons (Fsp3) is 0.200. The van der Waals surface area contributed by atoms with Crippen molar-refractivity contribution in [2.75, 3.05) is 7.11 Å². The number of nitrogens with zero attached hydrogens (tertiary/aromatic N) is 1. The molecule has 2 aromatic carbocycles. The Kier molecular flexibility index (Phi) is 6.91. The molecule has 146 valence electrons. The van der Waals surface area contributed by atoms with Crippen LogP contribution in [0.1, 0.15) is 30.9 Å². The zero-order valence-corrected chi connectivity index (χ0v) is 16.6. The minimum atomic E-state index is -0.500. The third kappa shape index (κ3) is 4.60. The van der Waals surface area contributed by atoms with E-state index in [-0.39, 0.29) is 5.78 Å². The van der Waals surface area contributed by atoms with E-state index < -0.39 is 6.10 Å². The summed E-state index contributed by atoms with van der Waals surface area (Å²) < 4.78 is 0. The fourth-order valence-electron chi connectivity index (χ4n) is 3.39. The molecule has 0 N–H and O–H groups in total. The number of hydrogen-bond donors (Lipinski definition) is 0. The van der Waals surface area contributed by atoms with E-state index in [1.807, 2.05) is 67.6 Å². The standard InChI is InChI=1S/C25H23NO3/c1-3-10-24(29-28-2)23(17-26)20-15-21(18-11-6-4-7-12-18)25(27)22(16-20)19-13-8-5-9-14-19/h4-9,11-16,24H,3,10H2,1-2H3. The van der Waals surface area contributed by atoms with Crippen LogP contribution < -0.4 is 0 Å². The molecular formula is C25H23NO3. The first kappa shape index (κ1) is 20.5. The molecule has 0 saturated carbocycles. The van der Waals surface area contributed by atoms with Gasteiger partial charge in [-0.3, -0.25) is 4.79 Å². The number of rotatable bonds is 7. The lowest BCUT2D eigenvalue weighted by Crippen LogP contribution is -2.18. The van der Waals surface area contributed by atoms with Crippen molar-refractivity contribution in [2.45, 2.75) is 25.9 Å². The average molecular weight is 385 g/mol. The van der Waals surface area contributed by atoms with Gasteiger partial charge in [-0.05, 0) is 35.3 Å². The van der Waals surface area contributed by atoms with Gasteiger partial charge in [-0.2, -0.15) is 5.26 Å². The minimum Gasteiger partial charge on any atom is -0.289 e. The Hall–Kier alpha value is -3.26. The summed E-state index contributed by atoms with van der Waals surface area (Å²) in [5, 5.41) is 9.89. The zero-order chi connectivity index (χ0) is 20.6. The van der Waals surface area contributed by atoms with Gasteiger partial charge < -0.3 is 0 Å². The molecular weight excluding hydrogens is 362 g/mol. The maximum absolute atomic E-state index is 13.3. The van der Waals surface area contributed by atoms with Gasteiger partial charge in [0.1, 0.15) is 6.10 Å². The predicted molar refractivity (Wildman–Crippen MR) is 113 cm³/mol. The number of hydrogen-bond acceptors (Lipinski definition) is 4. The molecule has 0 amide bonds. The first-order valence-electron chi connectivity index (χ1n) is 9.62. The predicted octanol–water partition coefficient (Wildman–Crippen LogP) is 5.30. The molecule has 0 radical (unpaired) electrons. The molecule has 0 aromatic heterocycles. The van der Waals surface area contributed by atoms with Crippen molar-refractivity contribution in [3.05, 3.63) is 95.1 Å². The molecule has 1 unspecified atom stereocenters. The molecule has 4 nitrogen and oxygen atoms in total. The summed E-state index contributed by atoms with van der Waals surface area (Å²) in [5.74, 6) is -0.0665. The first-order chi connectivity index (χ1) is 14.2. The number of nitriles is 1. The smallest absolute Gasteiger partial charge is 0.194 e. The minimum absolute atomic E-state index is 0.0665. The van der Waals surface area contributed by atoms with E-state index in [9.17, 15) is 10.1 Å². The number of benzene rings is 2. The summed E-state index contributed by atoms with van der Waals surface area (Å²) in [4.78, 5) is 23.6. The molecule has 1 aliphatic carbocycles. The van der Waals surface area contributed by atoms with Gasteiger partial charge in [-0.1, -0.05) is 74.0 Å². The van der Waals surface area contributed by atoms with Crippen LogP contribution in [0.15, 0.2) is 84.0 Å². The number of allylic oxidation sites excluding steroid dienone is 5. The van der Waals surface area contributed by atoms with E-state index in [0.717, 1.165) is 17.5 Å². The summed E-state index contributed by atoms with van der Waals surface area (Å²) in [7, 11) is 1.43. The van der Waals surface area contributed by atoms with Crippen molar-refractivity contribution in [2.24, 2.45) is 0 Å². The fourth-order valence-corrected chi connectivity index (χ4v) is 3.39. The van der Waals surface area contributed by atoms with Crippen molar-refractivity contribution >= 4 is 16.9 Å². The second-order valence-electron chi connectivity index (χ2n) is 6.70. The topological polar surface area (TPSA) is 59.3 Å². The molecule has 0 aliphatic heterocycles. The number of ketones is 1. The third-order valence-corrected chi connectivity index (χ3v) is 4.78. The van der Waals surface area contributed by atoms with Crippen LogP contribution in [0.25, 0.3) is 11.1 Å². The monoisotopic (exact) mass is 385 g/mol. The van der Waals surface area contributed by atoms with Crippen LogP contribution in [0.5, 0.6) is 0 Å². The normalized spacial score (nSPS) is 14.7. The molecule has 0 fully saturated rings. The summed E-state index contributed by atoms with van der Waals surface area (Å²) >= 11 is 0. The first-order valence-corrected chi connectivity index (χ1v) is 9.62. The van der Waals surface area contributed by atoms with Crippen LogP contribution in [-0.2, 0) is 14.6 Å². The Morgan fingerprint density at radius 2 is 1.48 bits per heavy atom. The van der Waals surface area contributed by atoms with Gasteiger partial charge in [0, 0.05) is 11.1 Å². The Morgan fingerprint density at radius 1 is 0.966 bits per heavy atom. The number of carbonyl (C=O) groups excluding carboxylic acids is 1. The maximum Gasteiger partial charge on any atom is 0.194 e. The highest BCUT2D eigenvalue weighted by molar-refractivity contribution is 6.43. The van der Waals surface area contributed by atoms with Crippen molar-refractivity contribution in [3.63, 3.8) is 0 Å². The third-order valence-electron chi connectivity index (χ3n) is 4.78. The highest BCUT2D eigenvalue weighted by atomic mass is 17.2. The quantitative estimate of drug-likeness (QED) is 0.368. The molecule has 0 bridgehead atoms.